The van der Waals surface area contributed by atoms with Crippen molar-refractivity contribution in [3.05, 3.63) is 59.4 Å². The van der Waals surface area contributed by atoms with Crippen LogP contribution in [-0.2, 0) is 0 Å². The van der Waals surface area contributed by atoms with Crippen molar-refractivity contribution < 1.29 is 9.59 Å². The van der Waals surface area contributed by atoms with Gasteiger partial charge in [0, 0.05) is 25.2 Å². The van der Waals surface area contributed by atoms with E-state index in [9.17, 15) is 9.59 Å². The SMILES string of the molecule is Cl.NC[C@@H]1CN(C(=O)c2cc(C(N)=O)c[nH]2)C[C@H]1c1ccccc1. The zero-order valence-corrected chi connectivity index (χ0v) is 14.0. The maximum absolute atomic E-state index is 12.6. The Hall–Kier alpha value is -2.31. The van der Waals surface area contributed by atoms with Gasteiger partial charge in [0.1, 0.15) is 5.69 Å². The molecule has 128 valence electrons. The lowest BCUT2D eigenvalue weighted by molar-refractivity contribution is 0.0781. The molecule has 5 N–H and O–H groups in total. The molecule has 24 heavy (non-hydrogen) atoms. The minimum Gasteiger partial charge on any atom is -0.366 e. The first-order valence-electron chi connectivity index (χ1n) is 7.62. The highest BCUT2D eigenvalue weighted by Crippen LogP contribution is 2.32. The molecule has 1 aromatic carbocycles. The number of hydrogen-bond donors (Lipinski definition) is 3. The van der Waals surface area contributed by atoms with Gasteiger partial charge < -0.3 is 21.4 Å². The number of carbonyl (C=O) groups is 2. The van der Waals surface area contributed by atoms with Crippen LogP contribution in [0.25, 0.3) is 0 Å². The normalized spacial score (nSPS) is 19.8. The van der Waals surface area contributed by atoms with Gasteiger partial charge in [-0.3, -0.25) is 9.59 Å². The summed E-state index contributed by atoms with van der Waals surface area (Å²) in [4.78, 5) is 28.4. The molecular formula is C17H21ClN4O2. The molecule has 2 atom stereocenters. The maximum atomic E-state index is 12.6. The summed E-state index contributed by atoms with van der Waals surface area (Å²) in [6.45, 7) is 1.76. The highest BCUT2D eigenvalue weighted by molar-refractivity contribution is 5.98. The van der Waals surface area contributed by atoms with E-state index in [1.807, 2.05) is 18.2 Å². The average molecular weight is 349 g/mol. The van der Waals surface area contributed by atoms with E-state index in [0.717, 1.165) is 0 Å². The van der Waals surface area contributed by atoms with E-state index in [4.69, 9.17) is 11.5 Å². The zero-order valence-electron chi connectivity index (χ0n) is 13.1. The Morgan fingerprint density at radius 2 is 1.92 bits per heavy atom. The van der Waals surface area contributed by atoms with Gasteiger partial charge in [-0.15, -0.1) is 12.4 Å². The second kappa shape index (κ2) is 7.51. The van der Waals surface area contributed by atoms with Crippen molar-refractivity contribution in [1.82, 2.24) is 9.88 Å². The van der Waals surface area contributed by atoms with Crippen molar-refractivity contribution in [1.29, 1.82) is 0 Å². The molecule has 0 radical (unpaired) electrons. The highest BCUT2D eigenvalue weighted by atomic mass is 35.5. The predicted octanol–water partition coefficient (Wildman–Crippen LogP) is 1.35. The van der Waals surface area contributed by atoms with Crippen LogP contribution in [0.3, 0.4) is 0 Å². The molecule has 1 saturated heterocycles. The Balaban J connectivity index is 0.00000208. The zero-order chi connectivity index (χ0) is 16.4. The number of aromatic amines is 1. The molecule has 0 unspecified atom stereocenters. The molecule has 1 fully saturated rings. The van der Waals surface area contributed by atoms with Crippen LogP contribution >= 0.6 is 12.4 Å². The number of primary amides is 1. The standard InChI is InChI=1S/C17H20N4O2.ClH/c18-7-13-9-21(10-14(13)11-4-2-1-3-5-11)17(23)15-6-12(8-20-15)16(19)22;/h1-6,8,13-14,20H,7,9-10,18H2,(H2,19,22);1H/t13-,14+;/m1./s1. The highest BCUT2D eigenvalue weighted by Gasteiger charge is 2.35. The summed E-state index contributed by atoms with van der Waals surface area (Å²) in [5.74, 6) is -0.222. The molecule has 0 spiro atoms. The van der Waals surface area contributed by atoms with Gasteiger partial charge in [0.2, 0.25) is 5.91 Å². The van der Waals surface area contributed by atoms with Gasteiger partial charge in [0.05, 0.1) is 5.56 Å². The monoisotopic (exact) mass is 348 g/mol. The Bertz CT molecular complexity index is 716. The van der Waals surface area contributed by atoms with Crippen LogP contribution in [0.4, 0.5) is 0 Å². The predicted molar refractivity (Wildman–Crippen MR) is 94.2 cm³/mol. The summed E-state index contributed by atoms with van der Waals surface area (Å²) in [5.41, 5.74) is 13.0. The van der Waals surface area contributed by atoms with Gasteiger partial charge in [-0.25, -0.2) is 0 Å². The Morgan fingerprint density at radius 1 is 1.21 bits per heavy atom. The van der Waals surface area contributed by atoms with Gasteiger partial charge >= 0.3 is 0 Å². The molecule has 3 rings (SSSR count). The number of likely N-dealkylation sites (tertiary alicyclic amines) is 1. The number of H-pyrrole nitrogens is 1. The number of benzene rings is 1. The topological polar surface area (TPSA) is 105 Å². The van der Waals surface area contributed by atoms with Crippen LogP contribution < -0.4 is 11.5 Å². The molecule has 1 aliphatic heterocycles. The number of nitrogens with two attached hydrogens (primary N) is 2. The van der Waals surface area contributed by atoms with E-state index < -0.39 is 5.91 Å². The Labute approximate surface area is 146 Å². The number of nitrogens with one attached hydrogen (secondary N) is 1. The van der Waals surface area contributed by atoms with E-state index >= 15 is 0 Å². The molecule has 7 heteroatoms. The molecular weight excluding hydrogens is 328 g/mol. The van der Waals surface area contributed by atoms with Crippen molar-refractivity contribution in [2.24, 2.45) is 17.4 Å². The Kier molecular flexibility index (Phi) is 5.64. The third-order valence-corrected chi connectivity index (χ3v) is 4.46. The summed E-state index contributed by atoms with van der Waals surface area (Å²) in [6, 6.07) is 11.6. The minimum absolute atomic E-state index is 0. The van der Waals surface area contributed by atoms with Crippen LogP contribution in [-0.4, -0.2) is 41.3 Å². The van der Waals surface area contributed by atoms with Gasteiger partial charge in [0.25, 0.3) is 5.91 Å². The third-order valence-electron chi connectivity index (χ3n) is 4.46. The van der Waals surface area contributed by atoms with Gasteiger partial charge in [-0.05, 0) is 24.1 Å². The largest absolute Gasteiger partial charge is 0.366 e. The second-order valence-electron chi connectivity index (χ2n) is 5.89. The first kappa shape index (κ1) is 18.0. The summed E-state index contributed by atoms with van der Waals surface area (Å²) in [7, 11) is 0. The average Bonchev–Trinajstić information content (AvgIpc) is 3.22. The fourth-order valence-electron chi connectivity index (χ4n) is 3.18. The van der Waals surface area contributed by atoms with Gasteiger partial charge in [-0.2, -0.15) is 0 Å². The molecule has 0 bridgehead atoms. The molecule has 0 aliphatic carbocycles. The van der Waals surface area contributed by atoms with E-state index in [1.165, 1.54) is 17.8 Å². The van der Waals surface area contributed by atoms with Crippen molar-refractivity contribution in [2.45, 2.75) is 5.92 Å². The van der Waals surface area contributed by atoms with E-state index in [0.29, 0.717) is 30.9 Å². The number of hydrogen-bond acceptors (Lipinski definition) is 3. The number of nitrogens with zero attached hydrogens (tertiary/aromatic N) is 1. The van der Waals surface area contributed by atoms with Crippen molar-refractivity contribution in [3.8, 4) is 0 Å². The van der Waals surface area contributed by atoms with Crippen LogP contribution in [0, 0.1) is 5.92 Å². The molecule has 2 aromatic rings. The molecule has 2 amide bonds. The van der Waals surface area contributed by atoms with E-state index in [-0.39, 0.29) is 30.2 Å². The van der Waals surface area contributed by atoms with Crippen molar-refractivity contribution >= 4 is 24.2 Å². The number of rotatable bonds is 4. The second-order valence-corrected chi connectivity index (χ2v) is 5.89. The third kappa shape index (κ3) is 3.44. The summed E-state index contributed by atoms with van der Waals surface area (Å²) < 4.78 is 0. The first-order chi connectivity index (χ1) is 11.1. The molecule has 1 aromatic heterocycles. The maximum Gasteiger partial charge on any atom is 0.270 e. The van der Waals surface area contributed by atoms with Crippen LogP contribution in [0.2, 0.25) is 0 Å². The van der Waals surface area contributed by atoms with Crippen molar-refractivity contribution in [2.75, 3.05) is 19.6 Å². The number of halogens is 1. The Morgan fingerprint density at radius 3 is 2.50 bits per heavy atom. The first-order valence-corrected chi connectivity index (χ1v) is 7.62. The van der Waals surface area contributed by atoms with Crippen LogP contribution in [0.1, 0.15) is 32.3 Å². The quantitative estimate of drug-likeness (QED) is 0.776. The fraction of sp³-hybridized carbons (Fsp3) is 0.294. The lowest BCUT2D eigenvalue weighted by atomic mass is 9.89. The van der Waals surface area contributed by atoms with Crippen LogP contribution in [0.15, 0.2) is 42.6 Å². The molecule has 6 nitrogen and oxygen atoms in total. The lowest BCUT2D eigenvalue weighted by Crippen LogP contribution is -2.30. The van der Waals surface area contributed by atoms with Gasteiger partial charge in [0.15, 0.2) is 0 Å². The fourth-order valence-corrected chi connectivity index (χ4v) is 3.18. The smallest absolute Gasteiger partial charge is 0.270 e. The number of amides is 2. The molecule has 1 aliphatic rings. The lowest BCUT2D eigenvalue weighted by Gasteiger charge is -2.16. The van der Waals surface area contributed by atoms with Crippen LogP contribution in [0.5, 0.6) is 0 Å². The van der Waals surface area contributed by atoms with E-state index in [1.54, 1.807) is 4.90 Å². The summed E-state index contributed by atoms with van der Waals surface area (Å²) in [6.07, 6.45) is 1.46. The van der Waals surface area contributed by atoms with Gasteiger partial charge in [-0.1, -0.05) is 30.3 Å². The molecule has 0 saturated carbocycles. The van der Waals surface area contributed by atoms with Crippen molar-refractivity contribution in [3.63, 3.8) is 0 Å². The summed E-state index contributed by atoms with van der Waals surface area (Å²) >= 11 is 0. The number of aromatic nitrogens is 1. The minimum atomic E-state index is -0.552. The molecule has 2 heterocycles. The number of carbonyl (C=O) groups excluding carboxylic acids is 2. The van der Waals surface area contributed by atoms with E-state index in [2.05, 4.69) is 17.1 Å². The summed E-state index contributed by atoms with van der Waals surface area (Å²) in [5, 5.41) is 0.